The van der Waals surface area contributed by atoms with Crippen LogP contribution in [0.15, 0.2) is 20.9 Å². The van der Waals surface area contributed by atoms with Crippen molar-refractivity contribution in [3.63, 3.8) is 0 Å². The zero-order valence-electron chi connectivity index (χ0n) is 11.9. The van der Waals surface area contributed by atoms with Gasteiger partial charge in [0, 0.05) is 4.88 Å². The van der Waals surface area contributed by atoms with Crippen LogP contribution in [0.4, 0.5) is 0 Å². The predicted octanol–water partition coefficient (Wildman–Crippen LogP) is 1.07. The molecule has 9 heteroatoms. The van der Waals surface area contributed by atoms with Crippen LogP contribution in [0.3, 0.4) is 0 Å². The average molecular weight is 330 g/mol. The zero-order chi connectivity index (χ0) is 15.3. The van der Waals surface area contributed by atoms with Crippen LogP contribution in [-0.2, 0) is 23.0 Å². The molecule has 2 heterocycles. The summed E-state index contributed by atoms with van der Waals surface area (Å²) >= 11 is 1.27. The molecule has 0 saturated carbocycles. The van der Waals surface area contributed by atoms with E-state index >= 15 is 0 Å². The number of nitrogens with zero attached hydrogens (tertiary/aromatic N) is 2. The lowest BCUT2D eigenvalue weighted by Gasteiger charge is -2.01. The van der Waals surface area contributed by atoms with E-state index in [1.165, 1.54) is 11.3 Å². The van der Waals surface area contributed by atoms with E-state index in [1.807, 2.05) is 13.0 Å². The Morgan fingerprint density at radius 3 is 2.86 bits per heavy atom. The largest absolute Gasteiger partial charge is 0.338 e. The highest BCUT2D eigenvalue weighted by Crippen LogP contribution is 2.21. The van der Waals surface area contributed by atoms with E-state index < -0.39 is 10.0 Å². The van der Waals surface area contributed by atoms with Gasteiger partial charge >= 0.3 is 0 Å². The Morgan fingerprint density at radius 2 is 2.19 bits per heavy atom. The van der Waals surface area contributed by atoms with Crippen molar-refractivity contribution >= 4 is 21.4 Å². The van der Waals surface area contributed by atoms with Crippen molar-refractivity contribution in [3.8, 4) is 0 Å². The fraction of sp³-hybridized carbons (Fsp3) is 0.500. The maximum absolute atomic E-state index is 12.1. The van der Waals surface area contributed by atoms with Gasteiger partial charge in [-0.2, -0.15) is 4.98 Å². The minimum Gasteiger partial charge on any atom is -0.338 e. The Balaban J connectivity index is 1.95. The summed E-state index contributed by atoms with van der Waals surface area (Å²) < 4.78 is 31.9. The van der Waals surface area contributed by atoms with Gasteiger partial charge in [-0.05, 0) is 38.6 Å². The van der Waals surface area contributed by atoms with Crippen LogP contribution < -0.4 is 10.0 Å². The number of thiophene rings is 1. The fourth-order valence-electron chi connectivity index (χ4n) is 1.67. The van der Waals surface area contributed by atoms with Crippen LogP contribution in [0.1, 0.15) is 23.5 Å². The van der Waals surface area contributed by atoms with E-state index in [0.717, 1.165) is 24.4 Å². The molecule has 0 bridgehead atoms. The molecule has 0 aliphatic heterocycles. The first-order valence-corrected chi connectivity index (χ1v) is 8.89. The van der Waals surface area contributed by atoms with Crippen molar-refractivity contribution in [2.45, 2.75) is 31.0 Å². The Morgan fingerprint density at radius 1 is 1.38 bits per heavy atom. The second-order valence-electron chi connectivity index (χ2n) is 4.38. The summed E-state index contributed by atoms with van der Waals surface area (Å²) in [5.41, 5.74) is 0. The zero-order valence-corrected chi connectivity index (χ0v) is 13.6. The third kappa shape index (κ3) is 4.60. The molecule has 0 atom stereocenters. The molecule has 2 aromatic heterocycles. The van der Waals surface area contributed by atoms with Gasteiger partial charge in [0.15, 0.2) is 5.82 Å². The summed E-state index contributed by atoms with van der Waals surface area (Å²) in [4.78, 5) is 4.99. The number of nitrogens with one attached hydrogen (secondary N) is 2. The van der Waals surface area contributed by atoms with Gasteiger partial charge in [0.25, 0.3) is 10.0 Å². The molecule has 0 saturated heterocycles. The lowest BCUT2D eigenvalue weighted by Crippen LogP contribution is -2.22. The molecule has 0 spiro atoms. The van der Waals surface area contributed by atoms with Gasteiger partial charge in [-0.3, -0.25) is 0 Å². The Hall–Kier alpha value is -1.29. The predicted molar refractivity (Wildman–Crippen MR) is 79.6 cm³/mol. The average Bonchev–Trinajstić information content (AvgIpc) is 3.06. The van der Waals surface area contributed by atoms with E-state index in [9.17, 15) is 8.42 Å². The Labute approximate surface area is 127 Å². The monoisotopic (exact) mass is 330 g/mol. The molecule has 0 fully saturated rings. The molecule has 0 unspecified atom stereocenters. The third-order valence-electron chi connectivity index (χ3n) is 2.68. The van der Waals surface area contributed by atoms with Crippen LogP contribution in [-0.4, -0.2) is 31.6 Å². The van der Waals surface area contributed by atoms with Crippen molar-refractivity contribution < 1.29 is 12.9 Å². The summed E-state index contributed by atoms with van der Waals surface area (Å²) in [6.45, 7) is 5.45. The first-order valence-electron chi connectivity index (χ1n) is 6.59. The number of sulfonamides is 1. The smallest absolute Gasteiger partial charge is 0.250 e. The number of hydrogen-bond acceptors (Lipinski definition) is 7. The maximum Gasteiger partial charge on any atom is 0.250 e. The summed E-state index contributed by atoms with van der Waals surface area (Å²) in [5.74, 6) is 0.728. The summed E-state index contributed by atoms with van der Waals surface area (Å²) in [6, 6.07) is 3.46. The highest BCUT2D eigenvalue weighted by molar-refractivity contribution is 7.91. The maximum atomic E-state index is 12.1. The molecular weight excluding hydrogens is 312 g/mol. The second-order valence-corrected chi connectivity index (χ2v) is 7.55. The first kappa shape index (κ1) is 16.1. The first-order chi connectivity index (χ1) is 10.0. The summed E-state index contributed by atoms with van der Waals surface area (Å²) in [5, 5.41) is 6.82. The van der Waals surface area contributed by atoms with Gasteiger partial charge < -0.3 is 9.84 Å². The van der Waals surface area contributed by atoms with Crippen molar-refractivity contribution in [1.82, 2.24) is 20.2 Å². The molecule has 0 radical (unpaired) electrons. The van der Waals surface area contributed by atoms with Crippen molar-refractivity contribution in [2.24, 2.45) is 0 Å². The van der Waals surface area contributed by atoms with E-state index in [-0.39, 0.29) is 12.4 Å². The van der Waals surface area contributed by atoms with Gasteiger partial charge in [-0.1, -0.05) is 12.1 Å². The fourth-order valence-corrected chi connectivity index (χ4v) is 4.04. The van der Waals surface area contributed by atoms with Crippen molar-refractivity contribution in [2.75, 3.05) is 13.1 Å². The molecule has 0 aliphatic carbocycles. The van der Waals surface area contributed by atoms with Crippen LogP contribution in [0.5, 0.6) is 0 Å². The molecule has 0 aromatic carbocycles. The quantitative estimate of drug-likeness (QED) is 0.703. The summed E-state index contributed by atoms with van der Waals surface area (Å²) in [6.07, 6.45) is 0.816. The van der Waals surface area contributed by atoms with E-state index in [2.05, 4.69) is 20.2 Å². The second kappa shape index (κ2) is 7.12. The van der Waals surface area contributed by atoms with E-state index in [1.54, 1.807) is 13.0 Å². The molecule has 7 nitrogen and oxygen atoms in total. The normalized spacial score (nSPS) is 11.9. The van der Waals surface area contributed by atoms with Crippen LogP contribution >= 0.6 is 11.3 Å². The van der Waals surface area contributed by atoms with Gasteiger partial charge in [-0.25, -0.2) is 13.1 Å². The molecule has 116 valence electrons. The molecule has 2 aromatic rings. The lowest BCUT2D eigenvalue weighted by molar-refractivity contribution is 0.372. The number of aryl methyl sites for hydroxylation is 1. The Bertz CT molecular complexity index is 678. The van der Waals surface area contributed by atoms with Crippen LogP contribution in [0, 0.1) is 6.92 Å². The minimum atomic E-state index is -3.54. The number of hydrogen-bond donors (Lipinski definition) is 2. The van der Waals surface area contributed by atoms with Crippen LogP contribution in [0.2, 0.25) is 0 Å². The number of aromatic nitrogens is 2. The highest BCUT2D eigenvalue weighted by Gasteiger charge is 2.17. The van der Waals surface area contributed by atoms with Crippen molar-refractivity contribution in [1.29, 1.82) is 0 Å². The van der Waals surface area contributed by atoms with E-state index in [0.29, 0.717) is 10.0 Å². The molecule has 0 amide bonds. The molecule has 21 heavy (non-hydrogen) atoms. The Kier molecular flexibility index (Phi) is 5.45. The third-order valence-corrected chi connectivity index (χ3v) is 5.72. The summed E-state index contributed by atoms with van der Waals surface area (Å²) in [7, 11) is -3.54. The van der Waals surface area contributed by atoms with E-state index in [4.69, 9.17) is 4.52 Å². The minimum absolute atomic E-state index is 0.00615. The van der Waals surface area contributed by atoms with Crippen LogP contribution in [0.25, 0.3) is 0 Å². The molecular formula is C12H18N4O3S2. The topological polar surface area (TPSA) is 97.1 Å². The van der Waals surface area contributed by atoms with Gasteiger partial charge in [0.2, 0.25) is 5.89 Å². The van der Waals surface area contributed by atoms with Gasteiger partial charge in [0.1, 0.15) is 4.21 Å². The van der Waals surface area contributed by atoms with Gasteiger partial charge in [-0.15, -0.1) is 11.3 Å². The number of likely N-dealkylation sites (N-methyl/N-ethyl adjacent to an activating group) is 1. The highest BCUT2D eigenvalue weighted by atomic mass is 32.2. The molecule has 0 aliphatic rings. The molecule has 2 rings (SSSR count). The SMILES string of the molecule is CCNCCc1ccc(S(=O)(=O)NCc2nc(C)no2)s1. The number of rotatable bonds is 8. The molecule has 2 N–H and O–H groups in total. The van der Waals surface area contributed by atoms with Crippen molar-refractivity contribution in [3.05, 3.63) is 28.7 Å². The lowest BCUT2D eigenvalue weighted by atomic mass is 10.3. The standard InChI is InChI=1S/C12H18N4O3S2/c1-3-13-7-6-10-4-5-12(20-10)21(17,18)14-8-11-15-9(2)16-19-11/h4-5,13-14H,3,6-8H2,1-2H3. The van der Waals surface area contributed by atoms with Gasteiger partial charge in [0.05, 0.1) is 6.54 Å².